The van der Waals surface area contributed by atoms with E-state index in [-0.39, 0.29) is 0 Å². The predicted octanol–water partition coefficient (Wildman–Crippen LogP) is 5.56. The van der Waals surface area contributed by atoms with E-state index >= 15 is 0 Å². The number of benzene rings is 1. The largest absolute Gasteiger partial charge is 0.510 e. The van der Waals surface area contributed by atoms with Crippen LogP contribution in [0.3, 0.4) is 0 Å². The smallest absolute Gasteiger partial charge is 0.435 e. The second-order valence-electron chi connectivity index (χ2n) is 5.80. The molecule has 0 radical (unpaired) electrons. The van der Waals surface area contributed by atoms with E-state index < -0.39 is 11.9 Å². The maximum Gasteiger partial charge on any atom is 0.510 e. The molecule has 0 N–H and O–H groups in total. The van der Waals surface area contributed by atoms with Gasteiger partial charge in [0.2, 0.25) is 5.79 Å². The lowest BCUT2D eigenvalue weighted by molar-refractivity contribution is -0.0381. The van der Waals surface area contributed by atoms with Crippen molar-refractivity contribution in [1.82, 2.24) is 0 Å². The van der Waals surface area contributed by atoms with Gasteiger partial charge in [-0.1, -0.05) is 42.6 Å². The van der Waals surface area contributed by atoms with Crippen molar-refractivity contribution in [3.05, 3.63) is 33.8 Å². The summed E-state index contributed by atoms with van der Waals surface area (Å²) in [4.78, 5) is 11.3. The van der Waals surface area contributed by atoms with E-state index in [9.17, 15) is 4.79 Å². The summed E-state index contributed by atoms with van der Waals surface area (Å²) in [5.74, 6) is -0.356. The van der Waals surface area contributed by atoms with Crippen molar-refractivity contribution in [2.75, 3.05) is 13.2 Å². The van der Waals surface area contributed by atoms with Gasteiger partial charge >= 0.3 is 6.16 Å². The van der Waals surface area contributed by atoms with E-state index in [1.807, 2.05) is 18.2 Å². The third-order valence-corrected chi connectivity index (χ3v) is 4.69. The molecule has 23 heavy (non-hydrogen) atoms. The van der Waals surface area contributed by atoms with Crippen molar-refractivity contribution in [2.24, 2.45) is 0 Å². The zero-order valence-electron chi connectivity index (χ0n) is 13.4. The number of ether oxygens (including phenoxy) is 3. The highest BCUT2D eigenvalue weighted by molar-refractivity contribution is 6.42. The number of epoxide rings is 1. The van der Waals surface area contributed by atoms with E-state index in [1.165, 1.54) is 5.56 Å². The van der Waals surface area contributed by atoms with Gasteiger partial charge in [-0.3, -0.25) is 0 Å². The molecule has 0 aliphatic carbocycles. The minimum atomic E-state index is -0.751. The van der Waals surface area contributed by atoms with Crippen LogP contribution in [0.4, 0.5) is 4.79 Å². The third-order valence-electron chi connectivity index (χ3n) is 3.96. The van der Waals surface area contributed by atoms with Gasteiger partial charge in [-0.05, 0) is 43.4 Å². The molecule has 0 aromatic heterocycles. The predicted molar refractivity (Wildman–Crippen MR) is 90.1 cm³/mol. The van der Waals surface area contributed by atoms with Crippen molar-refractivity contribution in [3.63, 3.8) is 0 Å². The Morgan fingerprint density at radius 2 is 2.09 bits per heavy atom. The quantitative estimate of drug-likeness (QED) is 0.346. The number of carbonyl (C=O) groups is 1. The fraction of sp³-hybridized carbons (Fsp3) is 0.588. The molecule has 1 fully saturated rings. The van der Waals surface area contributed by atoms with Crippen LogP contribution in [0.2, 0.25) is 10.0 Å². The first-order chi connectivity index (χ1) is 11.0. The standard InChI is InChI=1S/C17H22Cl2O4/c1-3-21-16(20)23-17(11-22-17)9-5-4-6-12(2)13-7-8-14(18)15(19)10-13/h7-8,10,12H,3-6,9,11H2,1-2H3. The van der Waals surface area contributed by atoms with Gasteiger partial charge in [0.05, 0.1) is 16.7 Å². The molecule has 4 nitrogen and oxygen atoms in total. The molecule has 0 bridgehead atoms. The molecule has 1 saturated heterocycles. The lowest BCUT2D eigenvalue weighted by Gasteiger charge is -2.15. The minimum absolute atomic E-state index is 0.302. The Hall–Kier alpha value is -0.970. The number of halogens is 2. The second kappa shape index (κ2) is 8.22. The maximum atomic E-state index is 11.3. The second-order valence-corrected chi connectivity index (χ2v) is 6.62. The lowest BCUT2D eigenvalue weighted by atomic mass is 9.95. The Morgan fingerprint density at radius 1 is 1.35 bits per heavy atom. The van der Waals surface area contributed by atoms with Crippen molar-refractivity contribution in [3.8, 4) is 0 Å². The molecule has 1 aromatic carbocycles. The summed E-state index contributed by atoms with van der Waals surface area (Å²) in [6.07, 6.45) is 2.99. The molecular weight excluding hydrogens is 339 g/mol. The van der Waals surface area contributed by atoms with Crippen molar-refractivity contribution in [2.45, 2.75) is 51.2 Å². The molecule has 1 aromatic rings. The van der Waals surface area contributed by atoms with Gasteiger partial charge in [-0.15, -0.1) is 0 Å². The van der Waals surface area contributed by atoms with Crippen LogP contribution >= 0.6 is 23.2 Å². The highest BCUT2D eigenvalue weighted by atomic mass is 35.5. The summed E-state index contributed by atoms with van der Waals surface area (Å²) in [6, 6.07) is 5.76. The Bertz CT molecular complexity index is 543. The first kappa shape index (κ1) is 18.4. The highest BCUT2D eigenvalue weighted by Crippen LogP contribution is 2.35. The molecule has 128 valence electrons. The highest BCUT2D eigenvalue weighted by Gasteiger charge is 2.49. The fourth-order valence-corrected chi connectivity index (χ4v) is 2.77. The van der Waals surface area contributed by atoms with E-state index in [0.717, 1.165) is 19.3 Å². The van der Waals surface area contributed by atoms with E-state index in [0.29, 0.717) is 35.6 Å². The molecule has 0 amide bonds. The number of rotatable bonds is 8. The zero-order chi connectivity index (χ0) is 16.9. The minimum Gasteiger partial charge on any atom is -0.435 e. The fourth-order valence-electron chi connectivity index (χ4n) is 2.46. The average molecular weight is 361 g/mol. The average Bonchev–Trinajstić information content (AvgIpc) is 3.26. The van der Waals surface area contributed by atoms with Crippen LogP contribution in [-0.2, 0) is 14.2 Å². The summed E-state index contributed by atoms with van der Waals surface area (Å²) in [6.45, 7) is 4.66. The van der Waals surface area contributed by atoms with Crippen LogP contribution in [0.25, 0.3) is 0 Å². The van der Waals surface area contributed by atoms with Crippen LogP contribution in [0, 0.1) is 0 Å². The Balaban J connectivity index is 1.70. The molecule has 6 heteroatoms. The Labute approximate surface area is 147 Å². The van der Waals surface area contributed by atoms with Gasteiger partial charge in [-0.25, -0.2) is 4.79 Å². The van der Waals surface area contributed by atoms with Gasteiger partial charge in [0.15, 0.2) is 0 Å². The van der Waals surface area contributed by atoms with E-state index in [2.05, 4.69) is 6.92 Å². The molecule has 2 rings (SSSR count). The van der Waals surface area contributed by atoms with E-state index in [1.54, 1.807) is 6.92 Å². The van der Waals surface area contributed by atoms with Crippen LogP contribution in [0.5, 0.6) is 0 Å². The van der Waals surface area contributed by atoms with Crippen LogP contribution < -0.4 is 0 Å². The molecule has 0 saturated carbocycles. The summed E-state index contributed by atoms with van der Waals surface area (Å²) in [7, 11) is 0. The molecule has 2 atom stereocenters. The third kappa shape index (κ3) is 5.55. The van der Waals surface area contributed by atoms with Gasteiger partial charge < -0.3 is 14.2 Å². The SMILES string of the molecule is CCOC(=O)OC1(CCCCC(C)c2ccc(Cl)c(Cl)c2)CO1. The number of hydrogen-bond donors (Lipinski definition) is 0. The van der Waals surface area contributed by atoms with Gasteiger partial charge in [0.1, 0.15) is 6.61 Å². The number of unbranched alkanes of at least 4 members (excludes halogenated alkanes) is 1. The van der Waals surface area contributed by atoms with Gasteiger partial charge in [0.25, 0.3) is 0 Å². The molecule has 2 unspecified atom stereocenters. The zero-order valence-corrected chi connectivity index (χ0v) is 15.0. The first-order valence-corrected chi connectivity index (χ1v) is 8.66. The van der Waals surface area contributed by atoms with Crippen molar-refractivity contribution in [1.29, 1.82) is 0 Å². The van der Waals surface area contributed by atoms with Crippen molar-refractivity contribution >= 4 is 29.4 Å². The van der Waals surface area contributed by atoms with Gasteiger partial charge in [0, 0.05) is 6.42 Å². The molecule has 1 aliphatic rings. The number of hydrogen-bond acceptors (Lipinski definition) is 4. The first-order valence-electron chi connectivity index (χ1n) is 7.90. The molecular formula is C17H22Cl2O4. The van der Waals surface area contributed by atoms with E-state index in [4.69, 9.17) is 37.4 Å². The summed E-state index contributed by atoms with van der Waals surface area (Å²) in [5.41, 5.74) is 1.18. The maximum absolute atomic E-state index is 11.3. The van der Waals surface area contributed by atoms with Gasteiger partial charge in [-0.2, -0.15) is 0 Å². The summed E-state index contributed by atoms with van der Waals surface area (Å²) >= 11 is 12.0. The topological polar surface area (TPSA) is 48.1 Å². The van der Waals surface area contributed by atoms with Crippen molar-refractivity contribution < 1.29 is 19.0 Å². The number of carbonyl (C=O) groups excluding carboxylic acids is 1. The summed E-state index contributed by atoms with van der Waals surface area (Å²) < 4.78 is 15.2. The normalized spacial score (nSPS) is 20.9. The summed E-state index contributed by atoms with van der Waals surface area (Å²) in [5, 5.41) is 1.16. The Kier molecular flexibility index (Phi) is 6.57. The molecule has 0 spiro atoms. The molecule has 1 heterocycles. The molecule has 1 aliphatic heterocycles. The lowest BCUT2D eigenvalue weighted by Crippen LogP contribution is -2.22. The Morgan fingerprint density at radius 3 is 2.70 bits per heavy atom. The van der Waals surface area contributed by atoms with Crippen LogP contribution in [-0.4, -0.2) is 25.2 Å². The van der Waals surface area contributed by atoms with Crippen LogP contribution in [0.15, 0.2) is 18.2 Å². The monoisotopic (exact) mass is 360 g/mol. The van der Waals surface area contributed by atoms with Crippen LogP contribution in [0.1, 0.15) is 51.0 Å².